The van der Waals surface area contributed by atoms with Crippen molar-refractivity contribution in [2.24, 2.45) is 0 Å². The molecule has 1 aromatic heterocycles. The molecule has 1 fully saturated rings. The van der Waals surface area contributed by atoms with Gasteiger partial charge in [-0.05, 0) is 24.6 Å². The highest BCUT2D eigenvalue weighted by atomic mass is 79.9. The van der Waals surface area contributed by atoms with Crippen LogP contribution in [0, 0.1) is 0 Å². The molecule has 1 N–H and O–H groups in total. The lowest BCUT2D eigenvalue weighted by atomic mass is 10.2. The van der Waals surface area contributed by atoms with Crippen LogP contribution in [0.3, 0.4) is 0 Å². The topological polar surface area (TPSA) is 47.0 Å². The number of aromatic nitrogens is 2. The number of hydrogen-bond donors (Lipinski definition) is 1. The Morgan fingerprint density at radius 1 is 1.33 bits per heavy atom. The first kappa shape index (κ1) is 12.1. The Kier molecular flexibility index (Phi) is 3.37. The summed E-state index contributed by atoms with van der Waals surface area (Å²) in [5, 5.41) is 13.2. The van der Waals surface area contributed by atoms with Gasteiger partial charge in [0.1, 0.15) is 11.3 Å². The van der Waals surface area contributed by atoms with Crippen LogP contribution in [0.1, 0.15) is 6.42 Å². The zero-order valence-corrected chi connectivity index (χ0v) is 11.8. The van der Waals surface area contributed by atoms with E-state index >= 15 is 0 Å². The monoisotopic (exact) mass is 327 g/mol. The molecule has 2 aromatic rings. The SMILES string of the molecule is Clc1cc(Br)cc2cc(NC3CCOC3)nnc12. The summed E-state index contributed by atoms with van der Waals surface area (Å²) in [6.07, 6.45) is 0.999. The molecule has 0 spiro atoms. The highest BCUT2D eigenvalue weighted by Gasteiger charge is 2.16. The number of anilines is 1. The average molecular weight is 329 g/mol. The Morgan fingerprint density at radius 2 is 2.22 bits per heavy atom. The number of nitrogens with zero attached hydrogens (tertiary/aromatic N) is 2. The molecule has 3 rings (SSSR count). The highest BCUT2D eigenvalue weighted by Crippen LogP contribution is 2.27. The second-order valence-corrected chi connectivity index (χ2v) is 5.58. The maximum Gasteiger partial charge on any atom is 0.149 e. The molecular formula is C12H11BrClN3O. The van der Waals surface area contributed by atoms with E-state index in [1.54, 1.807) is 0 Å². The number of ether oxygens (including phenoxy) is 1. The predicted molar refractivity (Wildman–Crippen MR) is 75.1 cm³/mol. The Hall–Kier alpha value is -0.910. The quantitative estimate of drug-likeness (QED) is 0.919. The number of benzene rings is 1. The minimum absolute atomic E-state index is 0.319. The summed E-state index contributed by atoms with van der Waals surface area (Å²) in [7, 11) is 0. The molecule has 1 atom stereocenters. The molecule has 0 radical (unpaired) electrons. The minimum atomic E-state index is 0.319. The van der Waals surface area contributed by atoms with E-state index in [-0.39, 0.29) is 0 Å². The molecule has 1 aliphatic heterocycles. The van der Waals surface area contributed by atoms with E-state index in [1.165, 1.54) is 0 Å². The molecule has 1 aromatic carbocycles. The molecule has 0 saturated carbocycles. The second kappa shape index (κ2) is 4.99. The van der Waals surface area contributed by atoms with Gasteiger partial charge in [-0.15, -0.1) is 10.2 Å². The first-order valence-electron chi connectivity index (χ1n) is 5.69. The van der Waals surface area contributed by atoms with E-state index in [9.17, 15) is 0 Å². The number of nitrogens with one attached hydrogen (secondary N) is 1. The lowest BCUT2D eigenvalue weighted by molar-refractivity contribution is 0.195. The maximum atomic E-state index is 6.11. The molecule has 0 aliphatic carbocycles. The second-order valence-electron chi connectivity index (χ2n) is 4.26. The fourth-order valence-corrected chi connectivity index (χ4v) is 2.88. The lowest BCUT2D eigenvalue weighted by Crippen LogP contribution is -2.19. The first-order valence-corrected chi connectivity index (χ1v) is 6.86. The Morgan fingerprint density at radius 3 is 3.00 bits per heavy atom. The summed E-state index contributed by atoms with van der Waals surface area (Å²) in [5.74, 6) is 0.757. The van der Waals surface area contributed by atoms with Gasteiger partial charge >= 0.3 is 0 Å². The molecule has 1 saturated heterocycles. The zero-order chi connectivity index (χ0) is 12.5. The summed E-state index contributed by atoms with van der Waals surface area (Å²) >= 11 is 9.54. The first-order chi connectivity index (χ1) is 8.72. The van der Waals surface area contributed by atoms with E-state index in [0.717, 1.165) is 35.3 Å². The van der Waals surface area contributed by atoms with Gasteiger partial charge in [-0.1, -0.05) is 27.5 Å². The van der Waals surface area contributed by atoms with Gasteiger partial charge in [-0.2, -0.15) is 0 Å². The van der Waals surface area contributed by atoms with Crippen molar-refractivity contribution in [3.8, 4) is 0 Å². The van der Waals surface area contributed by atoms with Crippen LogP contribution in [-0.2, 0) is 4.74 Å². The van der Waals surface area contributed by atoms with Gasteiger partial charge in [-0.25, -0.2) is 0 Å². The number of halogens is 2. The van der Waals surface area contributed by atoms with Gasteiger partial charge < -0.3 is 10.1 Å². The molecule has 18 heavy (non-hydrogen) atoms. The summed E-state index contributed by atoms with van der Waals surface area (Å²) < 4.78 is 6.25. The Balaban J connectivity index is 1.94. The predicted octanol–water partition coefficient (Wildman–Crippen LogP) is 3.25. The molecule has 2 heterocycles. The van der Waals surface area contributed by atoms with Gasteiger partial charge in [0.25, 0.3) is 0 Å². The standard InChI is InChI=1S/C12H11BrClN3O/c13-8-3-7-4-11(15-9-1-2-18-6-9)16-17-12(7)10(14)5-8/h3-5,9H,1-2,6H2,(H,15,16). The normalized spacial score (nSPS) is 19.3. The Labute approximate surface area is 118 Å². The van der Waals surface area contributed by atoms with Crippen molar-refractivity contribution < 1.29 is 4.74 Å². The highest BCUT2D eigenvalue weighted by molar-refractivity contribution is 9.10. The van der Waals surface area contributed by atoms with Crippen LogP contribution in [0.5, 0.6) is 0 Å². The van der Waals surface area contributed by atoms with Crippen molar-refractivity contribution in [3.05, 3.63) is 27.7 Å². The molecule has 1 unspecified atom stereocenters. The molecule has 0 bridgehead atoms. The van der Waals surface area contributed by atoms with E-state index < -0.39 is 0 Å². The van der Waals surface area contributed by atoms with Crippen LogP contribution >= 0.6 is 27.5 Å². The maximum absolute atomic E-state index is 6.11. The van der Waals surface area contributed by atoms with Crippen molar-refractivity contribution >= 4 is 44.3 Å². The molecule has 0 amide bonds. The third-order valence-corrected chi connectivity index (χ3v) is 3.64. The van der Waals surface area contributed by atoms with E-state index in [0.29, 0.717) is 16.6 Å². The molecule has 1 aliphatic rings. The van der Waals surface area contributed by atoms with Gasteiger partial charge in [0, 0.05) is 16.5 Å². The fraction of sp³-hybridized carbons (Fsp3) is 0.333. The molecule has 4 nitrogen and oxygen atoms in total. The lowest BCUT2D eigenvalue weighted by Gasteiger charge is -2.11. The number of rotatable bonds is 2. The minimum Gasteiger partial charge on any atom is -0.379 e. The van der Waals surface area contributed by atoms with Crippen molar-refractivity contribution in [1.29, 1.82) is 0 Å². The number of hydrogen-bond acceptors (Lipinski definition) is 4. The summed E-state index contributed by atoms with van der Waals surface area (Å²) in [6, 6.07) is 6.07. The van der Waals surface area contributed by atoms with Crippen LogP contribution in [0.4, 0.5) is 5.82 Å². The summed E-state index contributed by atoms with van der Waals surface area (Å²) in [5.41, 5.74) is 0.716. The summed E-state index contributed by atoms with van der Waals surface area (Å²) in [6.45, 7) is 1.52. The third kappa shape index (κ3) is 2.43. The van der Waals surface area contributed by atoms with Crippen LogP contribution < -0.4 is 5.32 Å². The molecular weight excluding hydrogens is 318 g/mol. The molecule has 94 valence electrons. The molecule has 6 heteroatoms. The average Bonchev–Trinajstić information content (AvgIpc) is 2.81. The largest absolute Gasteiger partial charge is 0.379 e. The number of fused-ring (bicyclic) bond motifs is 1. The van der Waals surface area contributed by atoms with Gasteiger partial charge in [-0.3, -0.25) is 0 Å². The third-order valence-electron chi connectivity index (χ3n) is 2.89. The van der Waals surface area contributed by atoms with Crippen LogP contribution in [0.15, 0.2) is 22.7 Å². The zero-order valence-electron chi connectivity index (χ0n) is 9.49. The van der Waals surface area contributed by atoms with E-state index in [4.69, 9.17) is 16.3 Å². The van der Waals surface area contributed by atoms with E-state index in [2.05, 4.69) is 31.4 Å². The van der Waals surface area contributed by atoms with Crippen molar-refractivity contribution in [3.63, 3.8) is 0 Å². The van der Waals surface area contributed by atoms with Crippen molar-refractivity contribution in [2.75, 3.05) is 18.5 Å². The van der Waals surface area contributed by atoms with Crippen LogP contribution in [0.25, 0.3) is 10.9 Å². The summed E-state index contributed by atoms with van der Waals surface area (Å²) in [4.78, 5) is 0. The van der Waals surface area contributed by atoms with Gasteiger partial charge in [0.05, 0.1) is 17.7 Å². The van der Waals surface area contributed by atoms with Gasteiger partial charge in [0.2, 0.25) is 0 Å². The fourth-order valence-electron chi connectivity index (χ4n) is 2.01. The smallest absolute Gasteiger partial charge is 0.149 e. The van der Waals surface area contributed by atoms with Crippen molar-refractivity contribution in [2.45, 2.75) is 12.5 Å². The van der Waals surface area contributed by atoms with Crippen LogP contribution in [-0.4, -0.2) is 29.5 Å². The van der Waals surface area contributed by atoms with Crippen molar-refractivity contribution in [1.82, 2.24) is 10.2 Å². The Bertz CT molecular complexity index is 587. The van der Waals surface area contributed by atoms with E-state index in [1.807, 2.05) is 18.2 Å². The van der Waals surface area contributed by atoms with Crippen LogP contribution in [0.2, 0.25) is 5.02 Å². The van der Waals surface area contributed by atoms with Gasteiger partial charge in [0.15, 0.2) is 0 Å².